The van der Waals surface area contributed by atoms with Crippen LogP contribution in [0.4, 0.5) is 10.1 Å². The lowest BCUT2D eigenvalue weighted by atomic mass is 9.99. The molecule has 0 radical (unpaired) electrons. The fourth-order valence-corrected chi connectivity index (χ4v) is 4.17. The maximum absolute atomic E-state index is 14.9. The first-order valence-corrected chi connectivity index (χ1v) is 9.38. The van der Waals surface area contributed by atoms with E-state index in [1.54, 1.807) is 29.3 Å². The molecule has 2 aromatic heterocycles. The van der Waals surface area contributed by atoms with Gasteiger partial charge in [-0.05, 0) is 30.7 Å². The second kappa shape index (κ2) is 6.66. The van der Waals surface area contributed by atoms with Crippen molar-refractivity contribution in [2.75, 3.05) is 26.1 Å². The van der Waals surface area contributed by atoms with E-state index in [4.69, 9.17) is 20.2 Å². The molecule has 1 aromatic carbocycles. The highest BCUT2D eigenvalue weighted by Gasteiger charge is 2.38. The molecule has 3 aromatic rings. The number of benzene rings is 1. The number of amides is 1. The molecule has 0 bridgehead atoms. The van der Waals surface area contributed by atoms with E-state index >= 15 is 0 Å². The summed E-state index contributed by atoms with van der Waals surface area (Å²) >= 11 is 0. The predicted molar refractivity (Wildman–Crippen MR) is 105 cm³/mol. The van der Waals surface area contributed by atoms with Crippen LogP contribution < -0.4 is 10.5 Å². The number of hydrogen-bond donors (Lipinski definition) is 1. The van der Waals surface area contributed by atoms with Gasteiger partial charge >= 0.3 is 0 Å². The van der Waals surface area contributed by atoms with Crippen LogP contribution >= 0.6 is 0 Å². The molecule has 0 aliphatic carbocycles. The fourth-order valence-electron chi connectivity index (χ4n) is 4.17. The molecule has 7 nitrogen and oxygen atoms in total. The largest absolute Gasteiger partial charge is 0.481 e. The van der Waals surface area contributed by atoms with Crippen molar-refractivity contribution in [2.45, 2.75) is 19.0 Å². The lowest BCUT2D eigenvalue weighted by Crippen LogP contribution is -2.35. The van der Waals surface area contributed by atoms with Gasteiger partial charge in [0.25, 0.3) is 5.91 Å². The number of nitrogens with two attached hydrogens (primary N) is 1. The Labute approximate surface area is 166 Å². The van der Waals surface area contributed by atoms with Gasteiger partial charge in [0, 0.05) is 29.3 Å². The van der Waals surface area contributed by atoms with Crippen molar-refractivity contribution in [3.05, 3.63) is 47.5 Å². The zero-order valence-corrected chi connectivity index (χ0v) is 15.8. The summed E-state index contributed by atoms with van der Waals surface area (Å²) in [7, 11) is 1.48. The lowest BCUT2D eigenvalue weighted by Gasteiger charge is -2.21. The van der Waals surface area contributed by atoms with Gasteiger partial charge in [0.05, 0.1) is 48.8 Å². The van der Waals surface area contributed by atoms with Gasteiger partial charge in [-0.3, -0.25) is 4.79 Å². The fraction of sp³-hybridized carbons (Fsp3) is 0.286. The first-order chi connectivity index (χ1) is 14.1. The number of carbonyl (C=O) groups is 1. The van der Waals surface area contributed by atoms with Gasteiger partial charge < -0.3 is 20.1 Å². The summed E-state index contributed by atoms with van der Waals surface area (Å²) in [6, 6.07) is 6.33. The maximum atomic E-state index is 14.9. The third kappa shape index (κ3) is 2.63. The molecule has 1 fully saturated rings. The number of ether oxygens (including phenoxy) is 2. The number of carbonyl (C=O) groups excluding carboxylic acids is 1. The summed E-state index contributed by atoms with van der Waals surface area (Å²) in [5.74, 6) is -0.311. The Morgan fingerprint density at radius 3 is 2.93 bits per heavy atom. The molecular formula is C21H19FN4O3. The highest BCUT2D eigenvalue weighted by atomic mass is 19.1. The Kier molecular flexibility index (Phi) is 4.09. The minimum atomic E-state index is -0.457. The highest BCUT2D eigenvalue weighted by Crippen LogP contribution is 2.40. The zero-order valence-electron chi connectivity index (χ0n) is 15.8. The quantitative estimate of drug-likeness (QED) is 0.735. The molecule has 5 rings (SSSR count). The molecule has 8 heteroatoms. The van der Waals surface area contributed by atoms with Crippen molar-refractivity contribution in [1.29, 1.82) is 0 Å². The SMILES string of the molecule is COc1ncccc1-c1c(F)ccc2c(N)c3c(nc12)CN([C@H]1CCOC1)C3=O. The number of anilines is 1. The molecule has 2 aliphatic rings. The van der Waals surface area contributed by atoms with Crippen LogP contribution in [0.2, 0.25) is 0 Å². The van der Waals surface area contributed by atoms with E-state index in [9.17, 15) is 9.18 Å². The monoisotopic (exact) mass is 394 g/mol. The van der Waals surface area contributed by atoms with Crippen LogP contribution in [-0.2, 0) is 11.3 Å². The number of methoxy groups -OCH3 is 1. The number of aromatic nitrogens is 2. The molecule has 29 heavy (non-hydrogen) atoms. The summed E-state index contributed by atoms with van der Waals surface area (Å²) in [5.41, 5.74) is 8.82. The van der Waals surface area contributed by atoms with Gasteiger partial charge in [-0.2, -0.15) is 0 Å². The number of halogens is 1. The van der Waals surface area contributed by atoms with Crippen molar-refractivity contribution in [2.24, 2.45) is 0 Å². The van der Waals surface area contributed by atoms with E-state index in [-0.39, 0.29) is 17.5 Å². The average Bonchev–Trinajstić information content (AvgIpc) is 3.36. The average molecular weight is 394 g/mol. The molecule has 1 saturated heterocycles. The third-order valence-corrected chi connectivity index (χ3v) is 5.60. The van der Waals surface area contributed by atoms with Crippen molar-refractivity contribution >= 4 is 22.5 Å². The molecule has 0 saturated carbocycles. The van der Waals surface area contributed by atoms with E-state index in [1.165, 1.54) is 13.2 Å². The number of rotatable bonds is 3. The Bertz CT molecular complexity index is 1140. The lowest BCUT2D eigenvalue weighted by molar-refractivity contribution is 0.0679. The van der Waals surface area contributed by atoms with Crippen molar-refractivity contribution < 1.29 is 18.7 Å². The molecule has 2 aliphatic heterocycles. The minimum absolute atomic E-state index is 0.00818. The van der Waals surface area contributed by atoms with Crippen LogP contribution in [0.25, 0.3) is 22.0 Å². The van der Waals surface area contributed by atoms with Crippen molar-refractivity contribution in [3.8, 4) is 17.0 Å². The van der Waals surface area contributed by atoms with Crippen LogP contribution in [0.1, 0.15) is 22.5 Å². The van der Waals surface area contributed by atoms with E-state index in [0.717, 1.165) is 6.42 Å². The number of hydrogen-bond acceptors (Lipinski definition) is 6. The van der Waals surface area contributed by atoms with Crippen molar-refractivity contribution in [1.82, 2.24) is 14.9 Å². The molecule has 2 N–H and O–H groups in total. The Morgan fingerprint density at radius 1 is 1.31 bits per heavy atom. The second-order valence-electron chi connectivity index (χ2n) is 7.18. The van der Waals surface area contributed by atoms with Crippen molar-refractivity contribution in [3.63, 3.8) is 0 Å². The summed E-state index contributed by atoms with van der Waals surface area (Å²) < 4.78 is 25.7. The Balaban J connectivity index is 1.73. The van der Waals surface area contributed by atoms with Crippen LogP contribution in [0, 0.1) is 5.82 Å². The van der Waals surface area contributed by atoms with Gasteiger partial charge in [0.1, 0.15) is 5.82 Å². The summed E-state index contributed by atoms with van der Waals surface area (Å²) in [5, 5.41) is 0.531. The molecule has 0 spiro atoms. The predicted octanol–water partition coefficient (Wildman–Crippen LogP) is 2.77. The van der Waals surface area contributed by atoms with Crippen LogP contribution in [0.15, 0.2) is 30.5 Å². The minimum Gasteiger partial charge on any atom is -0.481 e. The van der Waals surface area contributed by atoms with Gasteiger partial charge in [0.15, 0.2) is 0 Å². The van der Waals surface area contributed by atoms with Crippen LogP contribution in [0.3, 0.4) is 0 Å². The first kappa shape index (κ1) is 17.8. The van der Waals surface area contributed by atoms with E-state index in [2.05, 4.69) is 4.98 Å². The van der Waals surface area contributed by atoms with Crippen LogP contribution in [0.5, 0.6) is 5.88 Å². The molecule has 1 atom stereocenters. The van der Waals surface area contributed by atoms with E-state index < -0.39 is 5.82 Å². The maximum Gasteiger partial charge on any atom is 0.258 e. The van der Waals surface area contributed by atoms with Gasteiger partial charge in [-0.25, -0.2) is 14.4 Å². The summed E-state index contributed by atoms with van der Waals surface area (Å²) in [6.45, 7) is 1.47. The molecular weight excluding hydrogens is 375 g/mol. The topological polar surface area (TPSA) is 90.6 Å². The second-order valence-corrected chi connectivity index (χ2v) is 7.18. The standard InChI is InChI=1S/C21H19FN4O3/c1-28-20-12(3-2-7-24-20)16-14(22)5-4-13-18(23)17-15(25-19(13)16)9-26(21(17)27)11-6-8-29-10-11/h2-5,7,11H,6,8-10H2,1H3,(H2,23,25)/t11-/m0/s1. The Morgan fingerprint density at radius 2 is 2.17 bits per heavy atom. The van der Waals surface area contributed by atoms with E-state index in [0.29, 0.717) is 59.0 Å². The first-order valence-electron chi connectivity index (χ1n) is 9.38. The van der Waals surface area contributed by atoms with Gasteiger partial charge in [0.2, 0.25) is 5.88 Å². The highest BCUT2D eigenvalue weighted by molar-refractivity contribution is 6.11. The molecule has 4 heterocycles. The zero-order chi connectivity index (χ0) is 20.1. The third-order valence-electron chi connectivity index (χ3n) is 5.60. The van der Waals surface area contributed by atoms with Crippen LogP contribution in [-0.4, -0.2) is 47.1 Å². The normalized spacial score (nSPS) is 18.5. The number of nitrogens with zero attached hydrogens (tertiary/aromatic N) is 3. The van der Waals surface area contributed by atoms with Gasteiger partial charge in [-0.15, -0.1) is 0 Å². The smallest absolute Gasteiger partial charge is 0.258 e. The molecule has 1 amide bonds. The number of fused-ring (bicyclic) bond motifs is 2. The van der Waals surface area contributed by atoms with Gasteiger partial charge in [-0.1, -0.05) is 0 Å². The summed E-state index contributed by atoms with van der Waals surface area (Å²) in [4.78, 5) is 23.6. The number of pyridine rings is 2. The molecule has 148 valence electrons. The Hall–Kier alpha value is -3.26. The molecule has 0 unspecified atom stereocenters. The number of nitrogen functional groups attached to an aromatic ring is 1. The van der Waals surface area contributed by atoms with E-state index in [1.807, 2.05) is 0 Å². The summed E-state index contributed by atoms with van der Waals surface area (Å²) in [6.07, 6.45) is 2.36.